The quantitative estimate of drug-likeness (QED) is 0.456. The largest absolute Gasteiger partial charge is 0.506 e. The summed E-state index contributed by atoms with van der Waals surface area (Å²) in [6.07, 6.45) is 8.58. The number of carbonyl (C=O) groups excluding carboxylic acids is 1. The standard InChI is InChI=1S/C23H32O5/c1-15(8-9-20(25)22(3,4)27)7-6-11-23(5)12-10-17-19(28-23)13-16(2)18(14-24)21(17)26/h7,10,12-14,20,25-27H,6,8-9,11H2,1-5H3/b15-7+/t20-,23-/m0/s1. The highest BCUT2D eigenvalue weighted by molar-refractivity contribution is 5.86. The van der Waals surface area contributed by atoms with Gasteiger partial charge < -0.3 is 20.1 Å². The van der Waals surface area contributed by atoms with Crippen molar-refractivity contribution >= 4 is 12.4 Å². The molecule has 2 rings (SSSR count). The summed E-state index contributed by atoms with van der Waals surface area (Å²) < 4.78 is 6.14. The molecule has 0 spiro atoms. The van der Waals surface area contributed by atoms with Crippen LogP contribution in [0.1, 0.15) is 74.9 Å². The van der Waals surface area contributed by atoms with E-state index >= 15 is 0 Å². The second-order valence-electron chi connectivity index (χ2n) is 8.53. The van der Waals surface area contributed by atoms with Crippen molar-refractivity contribution in [3.05, 3.63) is 40.5 Å². The van der Waals surface area contributed by atoms with Crippen LogP contribution in [0.4, 0.5) is 0 Å². The fourth-order valence-corrected chi connectivity index (χ4v) is 3.30. The predicted molar refractivity (Wildman–Crippen MR) is 111 cm³/mol. The first kappa shape index (κ1) is 22.2. The number of hydrogen-bond acceptors (Lipinski definition) is 5. The molecule has 0 saturated carbocycles. The summed E-state index contributed by atoms with van der Waals surface area (Å²) in [5.41, 5.74) is 1.09. The second kappa shape index (κ2) is 8.50. The van der Waals surface area contributed by atoms with Crippen molar-refractivity contribution in [2.45, 2.75) is 77.6 Å². The molecule has 1 aromatic carbocycles. The number of fused-ring (bicyclic) bond motifs is 1. The van der Waals surface area contributed by atoms with E-state index in [0.717, 1.165) is 24.8 Å². The number of aliphatic hydroxyl groups is 2. The van der Waals surface area contributed by atoms with Crippen molar-refractivity contribution in [1.82, 2.24) is 0 Å². The maximum Gasteiger partial charge on any atom is 0.154 e. The summed E-state index contributed by atoms with van der Waals surface area (Å²) in [4.78, 5) is 11.2. The molecule has 0 bridgehead atoms. The number of aromatic hydroxyl groups is 1. The van der Waals surface area contributed by atoms with Gasteiger partial charge in [0.05, 0.1) is 22.8 Å². The van der Waals surface area contributed by atoms with Crippen LogP contribution < -0.4 is 4.74 Å². The number of carbonyl (C=O) groups is 1. The molecule has 1 heterocycles. The molecule has 5 nitrogen and oxygen atoms in total. The van der Waals surface area contributed by atoms with Crippen LogP contribution in [0, 0.1) is 6.92 Å². The maximum absolute atomic E-state index is 11.2. The van der Waals surface area contributed by atoms with Crippen molar-refractivity contribution in [3.8, 4) is 11.5 Å². The van der Waals surface area contributed by atoms with Crippen LogP contribution >= 0.6 is 0 Å². The highest BCUT2D eigenvalue weighted by atomic mass is 16.5. The van der Waals surface area contributed by atoms with Gasteiger partial charge in [0.15, 0.2) is 6.29 Å². The molecular formula is C23H32O5. The Hall–Kier alpha value is -2.11. The molecule has 1 aliphatic heterocycles. The van der Waals surface area contributed by atoms with Crippen LogP contribution in [0.3, 0.4) is 0 Å². The molecule has 28 heavy (non-hydrogen) atoms. The van der Waals surface area contributed by atoms with Crippen LogP contribution in [0.15, 0.2) is 23.8 Å². The van der Waals surface area contributed by atoms with Crippen LogP contribution in [0.2, 0.25) is 0 Å². The van der Waals surface area contributed by atoms with Crippen molar-refractivity contribution in [1.29, 1.82) is 0 Å². The molecule has 3 N–H and O–H groups in total. The fourth-order valence-electron chi connectivity index (χ4n) is 3.30. The molecule has 5 heteroatoms. The SMILES string of the molecule is C/C(=C\CC[C@@]1(C)C=Cc2c(cc(C)c(C=O)c2O)O1)CC[C@H](O)C(C)(C)O. The van der Waals surface area contributed by atoms with E-state index in [1.807, 2.05) is 26.0 Å². The Morgan fingerprint density at radius 2 is 2.07 bits per heavy atom. The number of rotatable bonds is 8. The van der Waals surface area contributed by atoms with E-state index in [9.17, 15) is 20.1 Å². The molecule has 1 aliphatic rings. The molecule has 0 unspecified atom stereocenters. The van der Waals surface area contributed by atoms with Crippen molar-refractivity contribution < 1.29 is 24.9 Å². The highest BCUT2D eigenvalue weighted by Gasteiger charge is 2.29. The number of allylic oxidation sites excluding steroid dienone is 2. The molecule has 0 radical (unpaired) electrons. The fraction of sp³-hybridized carbons (Fsp3) is 0.522. The Labute approximate surface area is 167 Å². The van der Waals surface area contributed by atoms with E-state index < -0.39 is 17.3 Å². The Kier molecular flexibility index (Phi) is 6.73. The first-order chi connectivity index (χ1) is 13.0. The zero-order chi connectivity index (χ0) is 21.1. The van der Waals surface area contributed by atoms with Gasteiger partial charge in [-0.25, -0.2) is 0 Å². The van der Waals surface area contributed by atoms with Crippen molar-refractivity contribution in [3.63, 3.8) is 0 Å². The van der Waals surface area contributed by atoms with Gasteiger partial charge in [-0.1, -0.05) is 11.6 Å². The Morgan fingerprint density at radius 1 is 1.39 bits per heavy atom. The van der Waals surface area contributed by atoms with Crippen LogP contribution in [-0.4, -0.2) is 38.9 Å². The summed E-state index contributed by atoms with van der Waals surface area (Å²) in [5.74, 6) is 0.545. The monoisotopic (exact) mass is 388 g/mol. The van der Waals surface area contributed by atoms with Gasteiger partial charge >= 0.3 is 0 Å². The van der Waals surface area contributed by atoms with Gasteiger partial charge in [-0.15, -0.1) is 0 Å². The maximum atomic E-state index is 11.2. The Morgan fingerprint density at radius 3 is 2.68 bits per heavy atom. The lowest BCUT2D eigenvalue weighted by Gasteiger charge is -2.32. The summed E-state index contributed by atoms with van der Waals surface area (Å²) in [5, 5.41) is 30.0. The van der Waals surface area contributed by atoms with E-state index in [1.165, 1.54) is 0 Å². The smallest absolute Gasteiger partial charge is 0.154 e. The van der Waals surface area contributed by atoms with Gasteiger partial charge in [-0.05, 0) is 84.1 Å². The second-order valence-corrected chi connectivity index (χ2v) is 8.53. The third-order valence-electron chi connectivity index (χ3n) is 5.37. The van der Waals surface area contributed by atoms with Gasteiger partial charge in [0.2, 0.25) is 0 Å². The number of benzene rings is 1. The van der Waals surface area contributed by atoms with E-state index in [1.54, 1.807) is 26.8 Å². The summed E-state index contributed by atoms with van der Waals surface area (Å²) >= 11 is 0. The topological polar surface area (TPSA) is 87.0 Å². The molecule has 0 amide bonds. The van der Waals surface area contributed by atoms with Crippen LogP contribution in [-0.2, 0) is 0 Å². The summed E-state index contributed by atoms with van der Waals surface area (Å²) in [7, 11) is 0. The van der Waals surface area contributed by atoms with E-state index in [-0.39, 0.29) is 5.75 Å². The van der Waals surface area contributed by atoms with Gasteiger partial charge in [0.1, 0.15) is 17.1 Å². The Balaban J connectivity index is 1.99. The lowest BCUT2D eigenvalue weighted by Crippen LogP contribution is -2.35. The van der Waals surface area contributed by atoms with Gasteiger partial charge in [0.25, 0.3) is 0 Å². The van der Waals surface area contributed by atoms with Crippen LogP contribution in [0.25, 0.3) is 6.08 Å². The molecule has 0 aromatic heterocycles. The Bertz CT molecular complexity index is 785. The van der Waals surface area contributed by atoms with Gasteiger partial charge in [-0.2, -0.15) is 0 Å². The van der Waals surface area contributed by atoms with Gasteiger partial charge in [0, 0.05) is 0 Å². The number of ether oxygens (including phenoxy) is 1. The lowest BCUT2D eigenvalue weighted by atomic mass is 9.92. The molecule has 154 valence electrons. The number of phenols is 1. The van der Waals surface area contributed by atoms with Crippen LogP contribution in [0.5, 0.6) is 11.5 Å². The summed E-state index contributed by atoms with van der Waals surface area (Å²) in [6, 6.07) is 1.79. The predicted octanol–water partition coefficient (Wildman–Crippen LogP) is 4.32. The highest BCUT2D eigenvalue weighted by Crippen LogP contribution is 2.40. The lowest BCUT2D eigenvalue weighted by molar-refractivity contribution is -0.0509. The molecule has 0 saturated heterocycles. The third-order valence-corrected chi connectivity index (χ3v) is 5.37. The zero-order valence-corrected chi connectivity index (χ0v) is 17.5. The van der Waals surface area contributed by atoms with E-state index in [2.05, 4.69) is 6.08 Å². The van der Waals surface area contributed by atoms with Gasteiger partial charge in [-0.3, -0.25) is 4.79 Å². The van der Waals surface area contributed by atoms with E-state index in [0.29, 0.717) is 35.1 Å². The average Bonchev–Trinajstić information content (AvgIpc) is 2.58. The van der Waals surface area contributed by atoms with Crippen molar-refractivity contribution in [2.24, 2.45) is 0 Å². The molecular weight excluding hydrogens is 356 g/mol. The first-order valence-corrected chi connectivity index (χ1v) is 9.73. The zero-order valence-electron chi connectivity index (χ0n) is 17.5. The number of aliphatic hydroxyl groups excluding tert-OH is 1. The molecule has 1 aromatic rings. The normalized spacial score (nSPS) is 20.5. The summed E-state index contributed by atoms with van der Waals surface area (Å²) in [6.45, 7) is 9.01. The molecule has 0 fully saturated rings. The molecule has 2 atom stereocenters. The molecule has 0 aliphatic carbocycles. The number of aldehydes is 1. The first-order valence-electron chi connectivity index (χ1n) is 9.73. The average molecular weight is 389 g/mol. The van der Waals surface area contributed by atoms with E-state index in [4.69, 9.17) is 4.74 Å². The number of aryl methyl sites for hydroxylation is 1. The number of phenolic OH excluding ortho intramolecular Hbond substituents is 1. The number of hydrogen-bond donors (Lipinski definition) is 3. The minimum absolute atomic E-state index is 0.0376. The minimum atomic E-state index is -1.09. The minimum Gasteiger partial charge on any atom is -0.506 e. The third kappa shape index (κ3) is 5.24. The van der Waals surface area contributed by atoms with Crippen molar-refractivity contribution in [2.75, 3.05) is 0 Å².